The van der Waals surface area contributed by atoms with Gasteiger partial charge < -0.3 is 4.57 Å². The molecule has 2 nitrogen and oxygen atoms in total. The van der Waals surface area contributed by atoms with Crippen molar-refractivity contribution >= 4 is 12.3 Å². The van der Waals surface area contributed by atoms with Crippen LogP contribution in [-0.4, -0.2) is 17.3 Å². The SMILES string of the molecule is Cn1c2c(c3c1CCCCCN=C3)C#CCC=C2. The van der Waals surface area contributed by atoms with E-state index in [1.807, 2.05) is 6.21 Å². The molecule has 0 spiro atoms. The van der Waals surface area contributed by atoms with E-state index in [4.69, 9.17) is 0 Å². The first-order valence-electron chi connectivity index (χ1n) is 6.74. The van der Waals surface area contributed by atoms with E-state index < -0.39 is 0 Å². The third-order valence-electron chi connectivity index (χ3n) is 3.73. The lowest BCUT2D eigenvalue weighted by Crippen LogP contribution is -2.00. The summed E-state index contributed by atoms with van der Waals surface area (Å²) in [4.78, 5) is 4.55. The van der Waals surface area contributed by atoms with Crippen molar-refractivity contribution in [2.24, 2.45) is 12.0 Å². The molecule has 2 heteroatoms. The number of aliphatic imine (C=N–C) groups is 1. The van der Waals surface area contributed by atoms with Crippen molar-refractivity contribution in [1.82, 2.24) is 4.57 Å². The lowest BCUT2D eigenvalue weighted by molar-refractivity contribution is 0.667. The molecule has 2 aliphatic rings. The van der Waals surface area contributed by atoms with Crippen molar-refractivity contribution in [3.05, 3.63) is 28.6 Å². The van der Waals surface area contributed by atoms with Gasteiger partial charge in [-0.3, -0.25) is 4.99 Å². The Bertz CT molecular complexity index is 576. The average molecular weight is 238 g/mol. The van der Waals surface area contributed by atoms with Crippen molar-refractivity contribution < 1.29 is 0 Å². The number of nitrogens with zero attached hydrogens (tertiary/aromatic N) is 2. The highest BCUT2D eigenvalue weighted by atomic mass is 15.0. The summed E-state index contributed by atoms with van der Waals surface area (Å²) in [6.45, 7) is 0.951. The largest absolute Gasteiger partial charge is 0.346 e. The fourth-order valence-corrected chi connectivity index (χ4v) is 2.74. The maximum absolute atomic E-state index is 4.55. The minimum Gasteiger partial charge on any atom is -0.346 e. The Hall–Kier alpha value is -1.75. The predicted molar refractivity (Wildman–Crippen MR) is 76.0 cm³/mol. The van der Waals surface area contributed by atoms with Crippen LogP contribution in [0.15, 0.2) is 11.1 Å². The van der Waals surface area contributed by atoms with Crippen molar-refractivity contribution in [3.63, 3.8) is 0 Å². The number of allylic oxidation sites excluding steroid dienone is 1. The topological polar surface area (TPSA) is 17.3 Å². The van der Waals surface area contributed by atoms with Gasteiger partial charge in [0.15, 0.2) is 0 Å². The zero-order valence-corrected chi connectivity index (χ0v) is 10.9. The van der Waals surface area contributed by atoms with Crippen molar-refractivity contribution in [3.8, 4) is 11.8 Å². The average Bonchev–Trinajstić information content (AvgIpc) is 2.50. The highest BCUT2D eigenvalue weighted by molar-refractivity contribution is 5.88. The molecule has 0 unspecified atom stereocenters. The molecule has 2 heterocycles. The van der Waals surface area contributed by atoms with E-state index in [0.29, 0.717) is 0 Å². The van der Waals surface area contributed by atoms with Gasteiger partial charge in [0.2, 0.25) is 0 Å². The Morgan fingerprint density at radius 1 is 1.28 bits per heavy atom. The molecular formula is C16H18N2. The summed E-state index contributed by atoms with van der Waals surface area (Å²) in [6.07, 6.45) is 12.1. The van der Waals surface area contributed by atoms with Crippen LogP contribution in [-0.2, 0) is 13.5 Å². The maximum atomic E-state index is 4.55. The first-order chi connectivity index (χ1) is 8.88. The van der Waals surface area contributed by atoms with E-state index in [0.717, 1.165) is 19.4 Å². The third kappa shape index (κ3) is 1.90. The zero-order valence-electron chi connectivity index (χ0n) is 10.9. The van der Waals surface area contributed by atoms with Gasteiger partial charge >= 0.3 is 0 Å². The molecule has 1 aliphatic carbocycles. The van der Waals surface area contributed by atoms with E-state index in [1.165, 1.54) is 41.8 Å². The molecule has 3 rings (SSSR count). The van der Waals surface area contributed by atoms with E-state index in [1.54, 1.807) is 0 Å². The molecule has 0 N–H and O–H groups in total. The van der Waals surface area contributed by atoms with Crippen LogP contribution in [0.3, 0.4) is 0 Å². The standard InChI is InChI=1S/C16H18N2/c1-18-15-9-5-2-4-8-13(15)14-12-17-11-7-3-6-10-16(14)18/h5,9,12H,2-3,6-7,10-11H2,1H3. The predicted octanol–water partition coefficient (Wildman–Crippen LogP) is 2.94. The smallest absolute Gasteiger partial charge is 0.0587 e. The van der Waals surface area contributed by atoms with Crippen LogP contribution in [0.5, 0.6) is 0 Å². The Balaban J connectivity index is 2.19. The van der Waals surface area contributed by atoms with Crippen LogP contribution < -0.4 is 0 Å². The van der Waals surface area contributed by atoms with E-state index >= 15 is 0 Å². The van der Waals surface area contributed by atoms with Crippen LogP contribution in [0, 0.1) is 11.8 Å². The lowest BCUT2D eigenvalue weighted by Gasteiger charge is -2.05. The second-order valence-electron chi connectivity index (χ2n) is 4.93. The molecular weight excluding hydrogens is 220 g/mol. The minimum absolute atomic E-state index is 0.848. The van der Waals surface area contributed by atoms with Gasteiger partial charge in [-0.1, -0.05) is 24.3 Å². The summed E-state index contributed by atoms with van der Waals surface area (Å²) in [7, 11) is 2.15. The first-order valence-corrected chi connectivity index (χ1v) is 6.74. The molecule has 0 radical (unpaired) electrons. The second kappa shape index (κ2) is 4.86. The first kappa shape index (κ1) is 11.3. The number of hydrogen-bond acceptors (Lipinski definition) is 1. The molecule has 1 aromatic rings. The van der Waals surface area contributed by atoms with E-state index in [9.17, 15) is 0 Å². The van der Waals surface area contributed by atoms with Gasteiger partial charge in [0.05, 0.1) is 11.3 Å². The third-order valence-corrected chi connectivity index (χ3v) is 3.73. The molecule has 1 aromatic heterocycles. The highest BCUT2D eigenvalue weighted by Gasteiger charge is 2.17. The monoisotopic (exact) mass is 238 g/mol. The molecule has 0 fully saturated rings. The molecule has 0 saturated carbocycles. The Kier molecular flexibility index (Phi) is 3.06. The van der Waals surface area contributed by atoms with Crippen molar-refractivity contribution in [1.29, 1.82) is 0 Å². The molecule has 92 valence electrons. The Morgan fingerprint density at radius 2 is 2.22 bits per heavy atom. The second-order valence-corrected chi connectivity index (χ2v) is 4.93. The number of aromatic nitrogens is 1. The summed E-state index contributed by atoms with van der Waals surface area (Å²) < 4.78 is 2.30. The van der Waals surface area contributed by atoms with Gasteiger partial charge in [-0.25, -0.2) is 0 Å². The molecule has 0 atom stereocenters. The van der Waals surface area contributed by atoms with Gasteiger partial charge in [-0.2, -0.15) is 0 Å². The van der Waals surface area contributed by atoms with Crippen LogP contribution in [0.1, 0.15) is 48.2 Å². The van der Waals surface area contributed by atoms with Crippen molar-refractivity contribution in [2.45, 2.75) is 32.1 Å². The molecule has 0 aromatic carbocycles. The fraction of sp³-hybridized carbons (Fsp3) is 0.438. The van der Waals surface area contributed by atoms with Crippen LogP contribution in [0.2, 0.25) is 0 Å². The van der Waals surface area contributed by atoms with Gasteiger partial charge in [0.25, 0.3) is 0 Å². The van der Waals surface area contributed by atoms with Gasteiger partial charge in [0, 0.05) is 37.5 Å². The summed E-state index contributed by atoms with van der Waals surface area (Å²) in [5.74, 6) is 6.52. The highest BCUT2D eigenvalue weighted by Crippen LogP contribution is 2.25. The Labute approximate surface area is 108 Å². The minimum atomic E-state index is 0.848. The Morgan fingerprint density at radius 3 is 3.17 bits per heavy atom. The molecule has 1 aliphatic heterocycles. The zero-order chi connectivity index (χ0) is 12.4. The van der Waals surface area contributed by atoms with Crippen LogP contribution in [0.4, 0.5) is 0 Å². The number of hydrogen-bond donors (Lipinski definition) is 0. The van der Waals surface area contributed by atoms with Gasteiger partial charge in [-0.05, 0) is 25.3 Å². The van der Waals surface area contributed by atoms with Crippen LogP contribution in [0.25, 0.3) is 6.08 Å². The number of fused-ring (bicyclic) bond motifs is 3. The van der Waals surface area contributed by atoms with Gasteiger partial charge in [0.1, 0.15) is 0 Å². The fourth-order valence-electron chi connectivity index (χ4n) is 2.74. The van der Waals surface area contributed by atoms with Gasteiger partial charge in [-0.15, -0.1) is 0 Å². The quantitative estimate of drug-likeness (QED) is 0.618. The normalized spacial score (nSPS) is 17.6. The summed E-state index contributed by atoms with van der Waals surface area (Å²) in [5, 5.41) is 0. The van der Waals surface area contributed by atoms with Crippen LogP contribution >= 0.6 is 0 Å². The molecule has 0 amide bonds. The van der Waals surface area contributed by atoms with E-state index in [-0.39, 0.29) is 0 Å². The summed E-state index contributed by atoms with van der Waals surface area (Å²) in [6, 6.07) is 0. The summed E-state index contributed by atoms with van der Waals surface area (Å²) in [5.41, 5.74) is 5.07. The lowest BCUT2D eigenvalue weighted by atomic mass is 10.1. The molecule has 0 saturated heterocycles. The summed E-state index contributed by atoms with van der Waals surface area (Å²) >= 11 is 0. The van der Waals surface area contributed by atoms with Crippen molar-refractivity contribution in [2.75, 3.05) is 6.54 Å². The number of rotatable bonds is 0. The molecule has 0 bridgehead atoms. The maximum Gasteiger partial charge on any atom is 0.0587 e. The molecule has 18 heavy (non-hydrogen) atoms. The van der Waals surface area contributed by atoms with E-state index in [2.05, 4.69) is 40.6 Å².